The Morgan fingerprint density at radius 3 is 2.27 bits per heavy atom. The molecule has 15 heavy (non-hydrogen) atoms. The molecule has 0 aromatic rings. The number of nitrogens with zero attached hydrogens (tertiary/aromatic N) is 2. The number of aliphatic hydroxyl groups is 1. The highest BCUT2D eigenvalue weighted by Gasteiger charge is 2.20. The highest BCUT2D eigenvalue weighted by Crippen LogP contribution is 2.03. The van der Waals surface area contributed by atoms with Crippen LogP contribution in [0.1, 0.15) is 20.3 Å². The van der Waals surface area contributed by atoms with E-state index in [1.165, 1.54) is 0 Å². The zero-order valence-corrected chi connectivity index (χ0v) is 10.7. The van der Waals surface area contributed by atoms with Crippen molar-refractivity contribution in [2.75, 3.05) is 46.9 Å². The van der Waals surface area contributed by atoms with Crippen LogP contribution in [0.25, 0.3) is 0 Å². The maximum atomic E-state index is 9.09. The third-order valence-electron chi connectivity index (χ3n) is 2.47. The number of likely N-dealkylation sites (N-methyl/N-ethyl adjacent to an activating group) is 1. The molecule has 0 spiro atoms. The Hall–Kier alpha value is -0.160. The lowest BCUT2D eigenvalue weighted by Gasteiger charge is -2.30. The molecule has 0 aliphatic rings. The Morgan fingerprint density at radius 1 is 1.27 bits per heavy atom. The lowest BCUT2D eigenvalue weighted by molar-refractivity contribution is 0.148. The van der Waals surface area contributed by atoms with Gasteiger partial charge in [0.05, 0.1) is 6.61 Å². The first-order chi connectivity index (χ1) is 6.91. The fourth-order valence-corrected chi connectivity index (χ4v) is 1.52. The van der Waals surface area contributed by atoms with Crippen LogP contribution in [0.4, 0.5) is 0 Å². The van der Waals surface area contributed by atoms with Gasteiger partial charge in [-0.1, -0.05) is 6.92 Å². The van der Waals surface area contributed by atoms with Crippen molar-refractivity contribution in [3.05, 3.63) is 0 Å². The van der Waals surface area contributed by atoms with E-state index in [0.717, 1.165) is 32.6 Å². The van der Waals surface area contributed by atoms with Crippen LogP contribution in [0.15, 0.2) is 0 Å². The van der Waals surface area contributed by atoms with Gasteiger partial charge >= 0.3 is 0 Å². The summed E-state index contributed by atoms with van der Waals surface area (Å²) in [4.78, 5) is 4.47. The maximum Gasteiger partial charge on any atom is 0.0621 e. The topological polar surface area (TPSA) is 52.7 Å². The smallest absolute Gasteiger partial charge is 0.0621 e. The van der Waals surface area contributed by atoms with Crippen LogP contribution < -0.4 is 5.73 Å². The number of nitrogens with two attached hydrogens (primary N) is 1. The molecule has 0 saturated heterocycles. The molecule has 0 amide bonds. The third kappa shape index (κ3) is 7.73. The van der Waals surface area contributed by atoms with E-state index in [4.69, 9.17) is 10.8 Å². The molecule has 0 bridgehead atoms. The molecule has 0 aromatic heterocycles. The molecule has 1 unspecified atom stereocenters. The largest absolute Gasteiger partial charge is 0.394 e. The summed E-state index contributed by atoms with van der Waals surface area (Å²) in [5, 5.41) is 9.09. The molecule has 4 nitrogen and oxygen atoms in total. The molecule has 0 radical (unpaired) electrons. The van der Waals surface area contributed by atoms with E-state index in [9.17, 15) is 0 Å². The van der Waals surface area contributed by atoms with Crippen molar-refractivity contribution in [2.45, 2.75) is 25.8 Å². The van der Waals surface area contributed by atoms with Gasteiger partial charge in [-0.15, -0.1) is 0 Å². The first kappa shape index (κ1) is 14.8. The first-order valence-electron chi connectivity index (χ1n) is 5.68. The van der Waals surface area contributed by atoms with E-state index < -0.39 is 5.54 Å². The summed E-state index contributed by atoms with van der Waals surface area (Å²) in [6, 6.07) is 0. The van der Waals surface area contributed by atoms with Crippen LogP contribution in [0.5, 0.6) is 0 Å². The summed E-state index contributed by atoms with van der Waals surface area (Å²) in [7, 11) is 4.16. The minimum absolute atomic E-state index is 0.0389. The summed E-state index contributed by atoms with van der Waals surface area (Å²) in [6.45, 7) is 7.94. The zero-order chi connectivity index (χ0) is 11.9. The molecule has 3 N–H and O–H groups in total. The van der Waals surface area contributed by atoms with Gasteiger partial charge in [-0.05, 0) is 47.1 Å². The normalized spacial score (nSPS) is 16.0. The minimum Gasteiger partial charge on any atom is -0.394 e. The minimum atomic E-state index is -0.478. The summed E-state index contributed by atoms with van der Waals surface area (Å²) in [6.07, 6.45) is 1.14. The van der Waals surface area contributed by atoms with Gasteiger partial charge in [0.1, 0.15) is 0 Å². The standard InChI is InChI=1S/C11H27N3O/c1-5-14(8-6-7-13(3)4)9-11(2,12)10-15/h15H,5-10,12H2,1-4H3. The second-order valence-electron chi connectivity index (χ2n) is 4.84. The van der Waals surface area contributed by atoms with Crippen molar-refractivity contribution >= 4 is 0 Å². The van der Waals surface area contributed by atoms with E-state index >= 15 is 0 Å². The van der Waals surface area contributed by atoms with Crippen molar-refractivity contribution in [1.29, 1.82) is 0 Å². The molecule has 4 heteroatoms. The van der Waals surface area contributed by atoms with Crippen molar-refractivity contribution in [3.8, 4) is 0 Å². The Labute approximate surface area is 94.0 Å². The lowest BCUT2D eigenvalue weighted by Crippen LogP contribution is -2.50. The highest BCUT2D eigenvalue weighted by molar-refractivity contribution is 4.81. The first-order valence-corrected chi connectivity index (χ1v) is 5.68. The van der Waals surface area contributed by atoms with Crippen LogP contribution in [-0.4, -0.2) is 67.3 Å². The van der Waals surface area contributed by atoms with Crippen LogP contribution in [0.2, 0.25) is 0 Å². The van der Waals surface area contributed by atoms with Gasteiger partial charge in [-0.25, -0.2) is 0 Å². The molecule has 0 rings (SSSR count). The van der Waals surface area contributed by atoms with Crippen molar-refractivity contribution < 1.29 is 5.11 Å². The second-order valence-corrected chi connectivity index (χ2v) is 4.84. The third-order valence-corrected chi connectivity index (χ3v) is 2.47. The molecule has 0 aliphatic heterocycles. The number of hydrogen-bond donors (Lipinski definition) is 2. The molecule has 1 atom stereocenters. The van der Waals surface area contributed by atoms with E-state index in [0.29, 0.717) is 0 Å². The van der Waals surface area contributed by atoms with Gasteiger partial charge in [0.15, 0.2) is 0 Å². The fraction of sp³-hybridized carbons (Fsp3) is 1.00. The van der Waals surface area contributed by atoms with Gasteiger partial charge in [0.25, 0.3) is 0 Å². The Balaban J connectivity index is 3.82. The molecule has 0 fully saturated rings. The molecule has 0 heterocycles. The monoisotopic (exact) mass is 217 g/mol. The van der Waals surface area contributed by atoms with Crippen molar-refractivity contribution in [3.63, 3.8) is 0 Å². The average molecular weight is 217 g/mol. The number of aliphatic hydroxyl groups excluding tert-OH is 1. The molecule has 0 saturated carbocycles. The SMILES string of the molecule is CCN(CCCN(C)C)CC(C)(N)CO. The van der Waals surface area contributed by atoms with E-state index in [2.05, 4.69) is 30.8 Å². The Morgan fingerprint density at radius 2 is 1.87 bits per heavy atom. The summed E-state index contributed by atoms with van der Waals surface area (Å²) in [5.74, 6) is 0. The van der Waals surface area contributed by atoms with E-state index in [-0.39, 0.29) is 6.61 Å². The molecule has 92 valence electrons. The zero-order valence-electron chi connectivity index (χ0n) is 10.7. The van der Waals surface area contributed by atoms with Gasteiger partial charge in [0.2, 0.25) is 0 Å². The molecule has 0 aromatic carbocycles. The summed E-state index contributed by atoms with van der Waals surface area (Å²) >= 11 is 0. The Bertz CT molecular complexity index is 160. The predicted molar refractivity (Wildman–Crippen MR) is 65.0 cm³/mol. The second kappa shape index (κ2) is 7.17. The summed E-state index contributed by atoms with van der Waals surface area (Å²) < 4.78 is 0. The van der Waals surface area contributed by atoms with Crippen LogP contribution in [-0.2, 0) is 0 Å². The van der Waals surface area contributed by atoms with Gasteiger partial charge in [-0.3, -0.25) is 0 Å². The van der Waals surface area contributed by atoms with Crippen molar-refractivity contribution in [1.82, 2.24) is 9.80 Å². The van der Waals surface area contributed by atoms with Crippen LogP contribution >= 0.6 is 0 Å². The highest BCUT2D eigenvalue weighted by atomic mass is 16.3. The predicted octanol–water partition coefficient (Wildman–Crippen LogP) is -0.0303. The molecular weight excluding hydrogens is 190 g/mol. The van der Waals surface area contributed by atoms with Crippen LogP contribution in [0, 0.1) is 0 Å². The van der Waals surface area contributed by atoms with E-state index in [1.807, 2.05) is 6.92 Å². The molecule has 0 aliphatic carbocycles. The van der Waals surface area contributed by atoms with Crippen LogP contribution in [0.3, 0.4) is 0 Å². The van der Waals surface area contributed by atoms with Gasteiger partial charge < -0.3 is 20.6 Å². The number of rotatable bonds is 8. The lowest BCUT2D eigenvalue weighted by atomic mass is 10.0. The van der Waals surface area contributed by atoms with Gasteiger partial charge in [-0.2, -0.15) is 0 Å². The molecular formula is C11H27N3O. The maximum absolute atomic E-state index is 9.09. The van der Waals surface area contributed by atoms with Gasteiger partial charge in [0, 0.05) is 12.1 Å². The van der Waals surface area contributed by atoms with E-state index in [1.54, 1.807) is 0 Å². The Kier molecular flexibility index (Phi) is 7.09. The summed E-state index contributed by atoms with van der Waals surface area (Å²) in [5.41, 5.74) is 5.44. The quantitative estimate of drug-likeness (QED) is 0.599. The number of hydrogen-bond acceptors (Lipinski definition) is 4. The van der Waals surface area contributed by atoms with Crippen molar-refractivity contribution in [2.24, 2.45) is 5.73 Å². The average Bonchev–Trinajstić information content (AvgIpc) is 2.15. The fourth-order valence-electron chi connectivity index (χ4n) is 1.52.